The molecule has 1 unspecified atom stereocenters. The molecule has 0 saturated carbocycles. The third kappa shape index (κ3) is 3.71. The van der Waals surface area contributed by atoms with E-state index in [1.807, 2.05) is 12.4 Å². The fraction of sp³-hybridized carbons (Fsp3) is 0.750. The number of imidazole rings is 1. The lowest BCUT2D eigenvalue weighted by Crippen LogP contribution is -2.15. The van der Waals surface area contributed by atoms with Crippen molar-refractivity contribution in [1.29, 1.82) is 0 Å². The zero-order valence-corrected chi connectivity index (χ0v) is 10.4. The first kappa shape index (κ1) is 12.4. The summed E-state index contributed by atoms with van der Waals surface area (Å²) in [7, 11) is 1.71. The molecule has 0 amide bonds. The molecular formula is C12H21N3O2. The van der Waals surface area contributed by atoms with Gasteiger partial charge in [-0.25, -0.2) is 4.98 Å². The van der Waals surface area contributed by atoms with Crippen LogP contribution in [0.3, 0.4) is 0 Å². The van der Waals surface area contributed by atoms with Gasteiger partial charge in [0, 0.05) is 39.2 Å². The van der Waals surface area contributed by atoms with Crippen molar-refractivity contribution in [3.8, 4) is 0 Å². The van der Waals surface area contributed by atoms with Crippen LogP contribution in [0.15, 0.2) is 12.4 Å². The Labute approximate surface area is 102 Å². The highest BCUT2D eigenvalue weighted by Crippen LogP contribution is 2.15. The predicted molar refractivity (Wildman–Crippen MR) is 66.2 cm³/mol. The van der Waals surface area contributed by atoms with E-state index in [-0.39, 0.29) is 0 Å². The maximum Gasteiger partial charge on any atom is 0.202 e. The van der Waals surface area contributed by atoms with Gasteiger partial charge in [0.15, 0.2) is 0 Å². The van der Waals surface area contributed by atoms with Gasteiger partial charge in [0.1, 0.15) is 0 Å². The summed E-state index contributed by atoms with van der Waals surface area (Å²) in [6, 6.07) is 0. The van der Waals surface area contributed by atoms with Gasteiger partial charge in [-0.15, -0.1) is 0 Å². The average molecular weight is 239 g/mol. The highest BCUT2D eigenvalue weighted by atomic mass is 16.5. The molecule has 1 aromatic rings. The first-order valence-electron chi connectivity index (χ1n) is 6.25. The van der Waals surface area contributed by atoms with Gasteiger partial charge in [0.25, 0.3) is 0 Å². The maximum absolute atomic E-state index is 5.58. The molecule has 5 heteroatoms. The van der Waals surface area contributed by atoms with E-state index in [0.717, 1.165) is 32.1 Å². The van der Waals surface area contributed by atoms with Crippen LogP contribution in [0.1, 0.15) is 19.3 Å². The van der Waals surface area contributed by atoms with E-state index in [1.165, 1.54) is 12.8 Å². The van der Waals surface area contributed by atoms with Gasteiger partial charge in [-0.3, -0.25) is 0 Å². The van der Waals surface area contributed by atoms with Crippen LogP contribution in [-0.2, 0) is 16.0 Å². The quantitative estimate of drug-likeness (QED) is 0.783. The smallest absolute Gasteiger partial charge is 0.202 e. The fourth-order valence-corrected chi connectivity index (χ4v) is 2.06. The first-order valence-corrected chi connectivity index (χ1v) is 6.25. The number of nitrogens with zero attached hydrogens (tertiary/aromatic N) is 2. The largest absolute Gasteiger partial charge is 0.383 e. The topological polar surface area (TPSA) is 48.3 Å². The minimum Gasteiger partial charge on any atom is -0.383 e. The number of rotatable bonds is 7. The lowest BCUT2D eigenvalue weighted by atomic mass is 10.2. The van der Waals surface area contributed by atoms with Crippen LogP contribution in [0.5, 0.6) is 0 Å². The zero-order chi connectivity index (χ0) is 11.9. The number of anilines is 1. The summed E-state index contributed by atoms with van der Waals surface area (Å²) < 4.78 is 12.7. The van der Waals surface area contributed by atoms with Crippen molar-refractivity contribution in [1.82, 2.24) is 9.55 Å². The normalized spacial score (nSPS) is 19.7. The number of nitrogens with one attached hydrogen (secondary N) is 1. The fourth-order valence-electron chi connectivity index (χ4n) is 2.06. The third-order valence-corrected chi connectivity index (χ3v) is 3.03. The standard InChI is InChI=1S/C12H21N3O2/c1-16-10-8-15-7-6-14-12(15)13-5-4-11-3-2-9-17-11/h6-7,11H,2-5,8-10H2,1H3,(H,13,14). The molecule has 5 nitrogen and oxygen atoms in total. The van der Waals surface area contributed by atoms with Crippen molar-refractivity contribution >= 4 is 5.95 Å². The summed E-state index contributed by atoms with van der Waals surface area (Å²) in [5.74, 6) is 0.917. The summed E-state index contributed by atoms with van der Waals surface area (Å²) in [6.45, 7) is 3.37. The second-order valence-electron chi connectivity index (χ2n) is 4.29. The van der Waals surface area contributed by atoms with Crippen LogP contribution in [0.25, 0.3) is 0 Å². The average Bonchev–Trinajstić information content (AvgIpc) is 2.98. The van der Waals surface area contributed by atoms with Crippen molar-refractivity contribution in [3.05, 3.63) is 12.4 Å². The lowest BCUT2D eigenvalue weighted by molar-refractivity contribution is 0.107. The predicted octanol–water partition coefficient (Wildman–Crippen LogP) is 1.51. The molecule has 1 aliphatic rings. The molecule has 2 rings (SSSR count). The number of hydrogen-bond acceptors (Lipinski definition) is 4. The van der Waals surface area contributed by atoms with E-state index in [4.69, 9.17) is 9.47 Å². The highest BCUT2D eigenvalue weighted by Gasteiger charge is 2.14. The number of hydrogen-bond donors (Lipinski definition) is 1. The molecule has 1 saturated heterocycles. The van der Waals surface area contributed by atoms with Crippen LogP contribution in [0.2, 0.25) is 0 Å². The van der Waals surface area contributed by atoms with Crippen LogP contribution >= 0.6 is 0 Å². The molecule has 0 aliphatic carbocycles. The second kappa shape index (κ2) is 6.61. The van der Waals surface area contributed by atoms with E-state index in [2.05, 4.69) is 14.9 Å². The monoisotopic (exact) mass is 239 g/mol. The maximum atomic E-state index is 5.58. The molecule has 0 aromatic carbocycles. The first-order chi connectivity index (χ1) is 8.40. The van der Waals surface area contributed by atoms with E-state index < -0.39 is 0 Å². The van der Waals surface area contributed by atoms with E-state index >= 15 is 0 Å². The molecule has 0 bridgehead atoms. The minimum atomic E-state index is 0.435. The number of aromatic nitrogens is 2. The van der Waals surface area contributed by atoms with Crippen molar-refractivity contribution in [3.63, 3.8) is 0 Å². The Balaban J connectivity index is 1.72. The van der Waals surface area contributed by atoms with Gasteiger partial charge >= 0.3 is 0 Å². The van der Waals surface area contributed by atoms with Crippen molar-refractivity contribution in [2.24, 2.45) is 0 Å². The van der Waals surface area contributed by atoms with Gasteiger partial charge in [-0.2, -0.15) is 0 Å². The van der Waals surface area contributed by atoms with Crippen molar-refractivity contribution in [2.45, 2.75) is 31.9 Å². The van der Waals surface area contributed by atoms with E-state index in [9.17, 15) is 0 Å². The molecule has 1 atom stereocenters. The van der Waals surface area contributed by atoms with Crippen LogP contribution in [0, 0.1) is 0 Å². The SMILES string of the molecule is COCCn1ccnc1NCCC1CCCO1. The minimum absolute atomic E-state index is 0.435. The Morgan fingerprint density at radius 3 is 3.35 bits per heavy atom. The zero-order valence-electron chi connectivity index (χ0n) is 10.4. The molecule has 1 aromatic heterocycles. The van der Waals surface area contributed by atoms with Crippen molar-refractivity contribution in [2.75, 3.05) is 32.2 Å². The summed E-state index contributed by atoms with van der Waals surface area (Å²) in [6.07, 6.45) is 7.66. The Morgan fingerprint density at radius 2 is 2.59 bits per heavy atom. The van der Waals surface area contributed by atoms with E-state index in [0.29, 0.717) is 12.7 Å². The molecular weight excluding hydrogens is 218 g/mol. The molecule has 0 radical (unpaired) electrons. The molecule has 2 heterocycles. The summed E-state index contributed by atoms with van der Waals surface area (Å²) >= 11 is 0. The molecule has 17 heavy (non-hydrogen) atoms. The summed E-state index contributed by atoms with van der Waals surface area (Å²) in [4.78, 5) is 4.29. The Bertz CT molecular complexity index is 321. The molecule has 1 fully saturated rings. The van der Waals surface area contributed by atoms with Crippen LogP contribution in [-0.4, -0.2) is 42.5 Å². The molecule has 96 valence electrons. The highest BCUT2D eigenvalue weighted by molar-refractivity contribution is 5.25. The number of methoxy groups -OCH3 is 1. The summed E-state index contributed by atoms with van der Waals surface area (Å²) in [5, 5.41) is 3.35. The lowest BCUT2D eigenvalue weighted by Gasteiger charge is -2.12. The Morgan fingerprint density at radius 1 is 1.65 bits per heavy atom. The van der Waals surface area contributed by atoms with Gasteiger partial charge in [-0.1, -0.05) is 0 Å². The van der Waals surface area contributed by atoms with Crippen LogP contribution in [0.4, 0.5) is 5.95 Å². The van der Waals surface area contributed by atoms with E-state index in [1.54, 1.807) is 7.11 Å². The van der Waals surface area contributed by atoms with Gasteiger partial charge in [0.2, 0.25) is 5.95 Å². The van der Waals surface area contributed by atoms with Gasteiger partial charge in [-0.05, 0) is 19.3 Å². The van der Waals surface area contributed by atoms with Crippen LogP contribution < -0.4 is 5.32 Å². The molecule has 0 spiro atoms. The number of ether oxygens (including phenoxy) is 2. The Hall–Kier alpha value is -1.07. The molecule has 1 aliphatic heterocycles. The van der Waals surface area contributed by atoms with Gasteiger partial charge in [0.05, 0.1) is 12.7 Å². The molecule has 1 N–H and O–H groups in total. The van der Waals surface area contributed by atoms with Crippen molar-refractivity contribution < 1.29 is 9.47 Å². The van der Waals surface area contributed by atoms with Gasteiger partial charge < -0.3 is 19.4 Å². The second-order valence-corrected chi connectivity index (χ2v) is 4.29. The third-order valence-electron chi connectivity index (χ3n) is 3.03. The summed E-state index contributed by atoms with van der Waals surface area (Å²) in [5.41, 5.74) is 0. The Kier molecular flexibility index (Phi) is 4.82.